The number of hydrogen-bond donors (Lipinski definition) is 2. The average molecular weight is 305 g/mol. The van der Waals surface area contributed by atoms with Gasteiger partial charge < -0.3 is 15.1 Å². The number of furan rings is 1. The van der Waals surface area contributed by atoms with Gasteiger partial charge in [0, 0.05) is 6.04 Å². The van der Waals surface area contributed by atoms with Crippen LogP contribution in [0.5, 0.6) is 0 Å². The van der Waals surface area contributed by atoms with Gasteiger partial charge in [-0.05, 0) is 31.9 Å². The molecule has 0 bridgehead atoms. The van der Waals surface area contributed by atoms with E-state index in [0.29, 0.717) is 5.76 Å². The second kappa shape index (κ2) is 5.47. The number of hydrogen-bond acceptors (Lipinski definition) is 4. The van der Waals surface area contributed by atoms with E-state index >= 15 is 0 Å². The number of urea groups is 1. The molecule has 2 aliphatic rings. The summed E-state index contributed by atoms with van der Waals surface area (Å²) in [5, 5.41) is 5.47. The number of amides is 4. The topological polar surface area (TPSA) is 91.7 Å². The molecule has 118 valence electrons. The molecule has 7 nitrogen and oxygen atoms in total. The van der Waals surface area contributed by atoms with E-state index in [4.69, 9.17) is 4.42 Å². The van der Waals surface area contributed by atoms with Gasteiger partial charge in [-0.3, -0.25) is 14.5 Å². The van der Waals surface area contributed by atoms with Crippen molar-refractivity contribution in [3.8, 4) is 0 Å². The van der Waals surface area contributed by atoms with Crippen molar-refractivity contribution in [2.45, 2.75) is 44.2 Å². The van der Waals surface area contributed by atoms with Crippen molar-refractivity contribution in [3.05, 3.63) is 24.2 Å². The van der Waals surface area contributed by atoms with Crippen molar-refractivity contribution in [1.82, 2.24) is 15.5 Å². The molecule has 1 aliphatic heterocycles. The van der Waals surface area contributed by atoms with Gasteiger partial charge in [-0.15, -0.1) is 0 Å². The molecule has 1 saturated carbocycles. The molecule has 1 aromatic rings. The standard InChI is InChI=1S/C15H19N3O4/c1-15(11-7-4-8-22-11)13(20)18(14(21)17-15)9-12(19)16-10-5-2-3-6-10/h4,7-8,10H,2-3,5-6,9H2,1H3,(H,16,19)(H,17,21)/t15-/m0/s1. The van der Waals surface area contributed by atoms with Crippen LogP contribution in [0.25, 0.3) is 0 Å². The van der Waals surface area contributed by atoms with Crippen LogP contribution in [-0.4, -0.2) is 35.3 Å². The molecule has 0 unspecified atom stereocenters. The molecule has 2 N–H and O–H groups in total. The lowest BCUT2D eigenvalue weighted by Gasteiger charge is -2.19. The number of imide groups is 1. The van der Waals surface area contributed by atoms with Gasteiger partial charge in [-0.2, -0.15) is 0 Å². The summed E-state index contributed by atoms with van der Waals surface area (Å²) in [6, 6.07) is 2.85. The number of carbonyl (C=O) groups excluding carboxylic acids is 3. The molecule has 4 amide bonds. The molecule has 1 saturated heterocycles. The highest BCUT2D eigenvalue weighted by Gasteiger charge is 2.51. The molecule has 0 spiro atoms. The van der Waals surface area contributed by atoms with Gasteiger partial charge in [-0.25, -0.2) is 4.79 Å². The van der Waals surface area contributed by atoms with Crippen LogP contribution >= 0.6 is 0 Å². The predicted molar refractivity (Wildman–Crippen MR) is 76.7 cm³/mol. The molecule has 22 heavy (non-hydrogen) atoms. The summed E-state index contributed by atoms with van der Waals surface area (Å²) in [5.41, 5.74) is -1.26. The molecule has 3 rings (SSSR count). The maximum absolute atomic E-state index is 12.5. The third-order valence-electron chi connectivity index (χ3n) is 4.31. The quantitative estimate of drug-likeness (QED) is 0.815. The zero-order chi connectivity index (χ0) is 15.7. The van der Waals surface area contributed by atoms with E-state index in [0.717, 1.165) is 30.6 Å². The minimum atomic E-state index is -1.26. The fourth-order valence-electron chi connectivity index (χ4n) is 3.06. The van der Waals surface area contributed by atoms with Crippen molar-refractivity contribution in [3.63, 3.8) is 0 Å². The van der Waals surface area contributed by atoms with Gasteiger partial charge in [0.15, 0.2) is 5.54 Å². The Bertz CT molecular complexity index is 592. The van der Waals surface area contributed by atoms with E-state index in [9.17, 15) is 14.4 Å². The third kappa shape index (κ3) is 2.47. The SMILES string of the molecule is C[C@@]1(c2ccco2)NC(=O)N(CC(=O)NC2CCCC2)C1=O. The Labute approximate surface area is 128 Å². The Morgan fingerprint density at radius 1 is 1.45 bits per heavy atom. The largest absolute Gasteiger partial charge is 0.466 e. The lowest BCUT2D eigenvalue weighted by molar-refractivity contribution is -0.135. The molecule has 2 heterocycles. The highest BCUT2D eigenvalue weighted by atomic mass is 16.3. The first kappa shape index (κ1) is 14.6. The van der Waals surface area contributed by atoms with Crippen LogP contribution in [0.15, 0.2) is 22.8 Å². The summed E-state index contributed by atoms with van der Waals surface area (Å²) >= 11 is 0. The second-order valence-electron chi connectivity index (χ2n) is 5.97. The Morgan fingerprint density at radius 3 is 2.82 bits per heavy atom. The minimum absolute atomic E-state index is 0.157. The zero-order valence-electron chi connectivity index (χ0n) is 12.4. The molecule has 1 atom stereocenters. The second-order valence-corrected chi connectivity index (χ2v) is 5.97. The van der Waals surface area contributed by atoms with E-state index in [1.807, 2.05) is 0 Å². The van der Waals surface area contributed by atoms with E-state index < -0.39 is 17.5 Å². The van der Waals surface area contributed by atoms with Crippen LogP contribution in [-0.2, 0) is 15.1 Å². The summed E-state index contributed by atoms with van der Waals surface area (Å²) in [5.74, 6) is -0.433. The van der Waals surface area contributed by atoms with Gasteiger partial charge in [0.1, 0.15) is 12.3 Å². The fourth-order valence-corrected chi connectivity index (χ4v) is 3.06. The Kier molecular flexibility index (Phi) is 3.64. The average Bonchev–Trinajstić information content (AvgIpc) is 3.19. The van der Waals surface area contributed by atoms with Gasteiger partial charge in [0.2, 0.25) is 5.91 Å². The number of nitrogens with one attached hydrogen (secondary N) is 2. The zero-order valence-corrected chi connectivity index (χ0v) is 12.4. The van der Waals surface area contributed by atoms with Crippen molar-refractivity contribution >= 4 is 17.8 Å². The van der Waals surface area contributed by atoms with E-state index in [1.54, 1.807) is 19.1 Å². The van der Waals surface area contributed by atoms with Gasteiger partial charge >= 0.3 is 6.03 Å². The highest BCUT2D eigenvalue weighted by Crippen LogP contribution is 2.28. The van der Waals surface area contributed by atoms with Crippen molar-refractivity contribution in [2.75, 3.05) is 6.54 Å². The molecular weight excluding hydrogens is 286 g/mol. The Hall–Kier alpha value is -2.31. The monoisotopic (exact) mass is 305 g/mol. The van der Waals surface area contributed by atoms with Gasteiger partial charge in [0.05, 0.1) is 6.26 Å². The summed E-state index contributed by atoms with van der Waals surface area (Å²) in [6.45, 7) is 1.30. The molecule has 2 fully saturated rings. The number of rotatable bonds is 4. The summed E-state index contributed by atoms with van der Waals surface area (Å²) in [4.78, 5) is 37.5. The number of carbonyl (C=O) groups is 3. The smallest absolute Gasteiger partial charge is 0.325 e. The lowest BCUT2D eigenvalue weighted by Crippen LogP contribution is -2.44. The first-order valence-electron chi connectivity index (χ1n) is 7.48. The summed E-state index contributed by atoms with van der Waals surface area (Å²) in [7, 11) is 0. The van der Waals surface area contributed by atoms with E-state index in [1.165, 1.54) is 6.26 Å². The third-order valence-corrected chi connectivity index (χ3v) is 4.31. The van der Waals surface area contributed by atoms with E-state index in [2.05, 4.69) is 10.6 Å². The maximum atomic E-state index is 12.5. The van der Waals surface area contributed by atoms with Crippen LogP contribution < -0.4 is 10.6 Å². The Balaban J connectivity index is 1.68. The van der Waals surface area contributed by atoms with Crippen LogP contribution in [0.1, 0.15) is 38.4 Å². The molecule has 1 aliphatic carbocycles. The molecule has 7 heteroatoms. The molecule has 1 aromatic heterocycles. The fraction of sp³-hybridized carbons (Fsp3) is 0.533. The lowest BCUT2D eigenvalue weighted by atomic mass is 9.99. The molecule has 0 radical (unpaired) electrons. The van der Waals surface area contributed by atoms with Crippen LogP contribution in [0.2, 0.25) is 0 Å². The predicted octanol–water partition coefficient (Wildman–Crippen LogP) is 1.11. The van der Waals surface area contributed by atoms with E-state index in [-0.39, 0.29) is 18.5 Å². The molecular formula is C15H19N3O4. The Morgan fingerprint density at radius 2 is 2.18 bits per heavy atom. The van der Waals surface area contributed by atoms with Gasteiger partial charge in [0.25, 0.3) is 5.91 Å². The van der Waals surface area contributed by atoms with Crippen LogP contribution in [0.3, 0.4) is 0 Å². The van der Waals surface area contributed by atoms with Crippen LogP contribution in [0.4, 0.5) is 4.79 Å². The first-order valence-corrected chi connectivity index (χ1v) is 7.48. The maximum Gasteiger partial charge on any atom is 0.325 e. The summed E-state index contributed by atoms with van der Waals surface area (Å²) in [6.07, 6.45) is 5.55. The molecule has 0 aromatic carbocycles. The van der Waals surface area contributed by atoms with Gasteiger partial charge in [-0.1, -0.05) is 12.8 Å². The number of nitrogens with zero attached hydrogens (tertiary/aromatic N) is 1. The normalized spacial score (nSPS) is 25.6. The first-order chi connectivity index (χ1) is 10.5. The summed E-state index contributed by atoms with van der Waals surface area (Å²) < 4.78 is 5.24. The van der Waals surface area contributed by atoms with Crippen molar-refractivity contribution in [1.29, 1.82) is 0 Å². The van der Waals surface area contributed by atoms with Crippen molar-refractivity contribution in [2.24, 2.45) is 0 Å². The van der Waals surface area contributed by atoms with Crippen molar-refractivity contribution < 1.29 is 18.8 Å². The minimum Gasteiger partial charge on any atom is -0.466 e. The van der Waals surface area contributed by atoms with Crippen LogP contribution in [0, 0.1) is 0 Å². The highest BCUT2D eigenvalue weighted by molar-refractivity contribution is 6.08.